The van der Waals surface area contributed by atoms with E-state index in [2.05, 4.69) is 12.4 Å². The summed E-state index contributed by atoms with van der Waals surface area (Å²) in [5.41, 5.74) is 0. The van der Waals surface area contributed by atoms with E-state index in [0.717, 1.165) is 6.04 Å². The highest BCUT2D eigenvalue weighted by atomic mass is 28.3. The molecule has 0 radical (unpaired) electrons. The highest BCUT2D eigenvalue weighted by Gasteiger charge is 2.09. The molecule has 0 atom stereocenters. The Bertz CT molecular complexity index is 115. The fraction of sp³-hybridized carbons (Fsp3) is 1.00. The molecule has 1 fully saturated rings. The van der Waals surface area contributed by atoms with Gasteiger partial charge < -0.3 is 14.2 Å². The molecule has 0 unspecified atom stereocenters. The van der Waals surface area contributed by atoms with Gasteiger partial charge in [-0.2, -0.15) is 0 Å². The first-order valence-electron chi connectivity index (χ1n) is 5.47. The Labute approximate surface area is 90.0 Å². The summed E-state index contributed by atoms with van der Waals surface area (Å²) in [7, 11) is 4.24. The van der Waals surface area contributed by atoms with E-state index in [1.807, 2.05) is 6.55 Å². The minimum Gasteiger partial charge on any atom is -0.400 e. The van der Waals surface area contributed by atoms with Crippen LogP contribution in [0.2, 0.25) is 6.55 Å². The first-order valence-corrected chi connectivity index (χ1v) is 7.57. The monoisotopic (exact) mass is 219 g/mol. The molecule has 1 saturated carbocycles. The van der Waals surface area contributed by atoms with Crippen LogP contribution >= 0.6 is 0 Å². The van der Waals surface area contributed by atoms with Gasteiger partial charge in [-0.1, -0.05) is 19.3 Å². The summed E-state index contributed by atoms with van der Waals surface area (Å²) in [5, 5.41) is 3.30. The molecule has 1 aliphatic rings. The van der Waals surface area contributed by atoms with Crippen LogP contribution in [0.4, 0.5) is 0 Å². The van der Waals surface area contributed by atoms with Crippen molar-refractivity contribution in [3.8, 4) is 0 Å². The summed E-state index contributed by atoms with van der Waals surface area (Å²) >= 11 is 0. The quantitative estimate of drug-likeness (QED) is 0.733. The lowest BCUT2D eigenvalue weighted by atomic mass is 9.96. The molecule has 0 aromatic heterocycles. The molecule has 0 spiro atoms. The predicted molar refractivity (Wildman–Crippen MR) is 63.0 cm³/mol. The molecule has 14 heavy (non-hydrogen) atoms. The average molecular weight is 219 g/mol. The predicted octanol–water partition coefficient (Wildman–Crippen LogP) is 1.67. The van der Waals surface area contributed by atoms with Crippen molar-refractivity contribution in [2.45, 2.75) is 44.7 Å². The number of nitrogens with one attached hydrogen (secondary N) is 1. The fourth-order valence-electron chi connectivity index (χ4n) is 1.49. The molecular weight excluding hydrogens is 194 g/mol. The summed E-state index contributed by atoms with van der Waals surface area (Å²) in [6, 6.07) is 0.837. The van der Waals surface area contributed by atoms with E-state index in [4.69, 9.17) is 8.85 Å². The zero-order chi connectivity index (χ0) is 10.8. The second-order valence-electron chi connectivity index (χ2n) is 3.66. The molecule has 1 rings (SSSR count). The Morgan fingerprint density at radius 3 is 1.79 bits per heavy atom. The normalized spacial score (nSPS) is 17.8. The van der Waals surface area contributed by atoms with Crippen LogP contribution in [0.25, 0.3) is 0 Å². The van der Waals surface area contributed by atoms with E-state index in [0.29, 0.717) is 0 Å². The molecule has 3 nitrogen and oxygen atoms in total. The molecule has 1 aliphatic carbocycles. The van der Waals surface area contributed by atoms with Gasteiger partial charge in [-0.15, -0.1) is 0 Å². The van der Waals surface area contributed by atoms with Gasteiger partial charge in [0.1, 0.15) is 0 Å². The van der Waals surface area contributed by atoms with Gasteiger partial charge in [0, 0.05) is 20.3 Å². The number of hydrogen-bond donors (Lipinski definition) is 1. The lowest BCUT2D eigenvalue weighted by Crippen LogP contribution is -2.26. The maximum atomic E-state index is 4.82. The van der Waals surface area contributed by atoms with Crippen molar-refractivity contribution < 1.29 is 8.85 Å². The molecule has 4 heteroatoms. The zero-order valence-electron chi connectivity index (χ0n) is 10.0. The third-order valence-electron chi connectivity index (χ3n) is 2.68. The summed E-state index contributed by atoms with van der Waals surface area (Å²) < 4.78 is 9.63. The van der Waals surface area contributed by atoms with Crippen molar-refractivity contribution >= 4 is 9.28 Å². The van der Waals surface area contributed by atoms with E-state index in [1.54, 1.807) is 14.2 Å². The highest BCUT2D eigenvalue weighted by Crippen LogP contribution is 2.16. The topological polar surface area (TPSA) is 30.5 Å². The Kier molecular flexibility index (Phi) is 9.71. The number of hydrogen-bond acceptors (Lipinski definition) is 3. The van der Waals surface area contributed by atoms with Crippen LogP contribution in [-0.2, 0) is 8.85 Å². The Balaban J connectivity index is 0.000000255. The second kappa shape index (κ2) is 9.64. The maximum absolute atomic E-state index is 4.82. The van der Waals surface area contributed by atoms with Crippen LogP contribution in [0.15, 0.2) is 0 Å². The number of rotatable bonds is 3. The van der Waals surface area contributed by atoms with Crippen molar-refractivity contribution in [1.82, 2.24) is 5.32 Å². The third kappa shape index (κ3) is 7.50. The van der Waals surface area contributed by atoms with Gasteiger partial charge in [-0.25, -0.2) is 0 Å². The van der Waals surface area contributed by atoms with Crippen molar-refractivity contribution in [3.05, 3.63) is 0 Å². The van der Waals surface area contributed by atoms with Crippen LogP contribution in [0.1, 0.15) is 32.1 Å². The van der Waals surface area contributed by atoms with Gasteiger partial charge >= 0.3 is 9.28 Å². The van der Waals surface area contributed by atoms with Crippen LogP contribution in [0.5, 0.6) is 0 Å². The first kappa shape index (κ1) is 14.1. The molecule has 0 heterocycles. The summed E-state index contributed by atoms with van der Waals surface area (Å²) in [6.07, 6.45) is 7.13. The smallest absolute Gasteiger partial charge is 0.317 e. The summed E-state index contributed by atoms with van der Waals surface area (Å²) in [4.78, 5) is 0. The van der Waals surface area contributed by atoms with Crippen molar-refractivity contribution in [2.24, 2.45) is 0 Å². The van der Waals surface area contributed by atoms with Crippen LogP contribution in [-0.4, -0.2) is 36.6 Å². The lowest BCUT2D eigenvalue weighted by Gasteiger charge is -2.20. The Morgan fingerprint density at radius 1 is 1.07 bits per heavy atom. The Hall–Kier alpha value is 0.0969. The molecule has 0 amide bonds. The van der Waals surface area contributed by atoms with E-state index >= 15 is 0 Å². The maximum Gasteiger partial charge on any atom is 0.317 e. The van der Waals surface area contributed by atoms with E-state index < -0.39 is 9.28 Å². The van der Waals surface area contributed by atoms with Gasteiger partial charge in [-0.3, -0.25) is 0 Å². The van der Waals surface area contributed by atoms with Crippen molar-refractivity contribution in [1.29, 1.82) is 0 Å². The van der Waals surface area contributed by atoms with E-state index in [9.17, 15) is 0 Å². The summed E-state index contributed by atoms with van der Waals surface area (Å²) in [6.45, 7) is 1.97. The van der Waals surface area contributed by atoms with Gasteiger partial charge in [-0.05, 0) is 26.4 Å². The molecule has 86 valence electrons. The average Bonchev–Trinajstić information content (AvgIpc) is 2.30. The SMILES string of the molecule is CNC1CCCCC1.CO[SiH](C)OC. The largest absolute Gasteiger partial charge is 0.400 e. The van der Waals surface area contributed by atoms with Crippen LogP contribution in [0.3, 0.4) is 0 Å². The highest BCUT2D eigenvalue weighted by molar-refractivity contribution is 6.42. The van der Waals surface area contributed by atoms with Crippen LogP contribution in [0, 0.1) is 0 Å². The van der Waals surface area contributed by atoms with Gasteiger partial charge in [0.15, 0.2) is 0 Å². The Morgan fingerprint density at radius 2 is 1.57 bits per heavy atom. The van der Waals surface area contributed by atoms with Crippen molar-refractivity contribution in [3.63, 3.8) is 0 Å². The van der Waals surface area contributed by atoms with Gasteiger partial charge in [0.05, 0.1) is 0 Å². The second-order valence-corrected chi connectivity index (χ2v) is 5.74. The van der Waals surface area contributed by atoms with E-state index in [-0.39, 0.29) is 0 Å². The first-order chi connectivity index (χ1) is 6.74. The third-order valence-corrected chi connectivity index (χ3v) is 4.00. The van der Waals surface area contributed by atoms with Crippen LogP contribution < -0.4 is 5.32 Å². The summed E-state index contributed by atoms with van der Waals surface area (Å²) in [5.74, 6) is 0. The van der Waals surface area contributed by atoms with Gasteiger partial charge in [0.25, 0.3) is 0 Å². The minimum atomic E-state index is -1.16. The molecule has 0 aromatic carbocycles. The van der Waals surface area contributed by atoms with E-state index in [1.165, 1.54) is 32.1 Å². The molecule has 0 saturated heterocycles. The lowest BCUT2D eigenvalue weighted by molar-refractivity contribution is 0.285. The van der Waals surface area contributed by atoms with Crippen molar-refractivity contribution in [2.75, 3.05) is 21.3 Å². The molecule has 0 bridgehead atoms. The fourth-order valence-corrected chi connectivity index (χ4v) is 1.68. The van der Waals surface area contributed by atoms with Gasteiger partial charge in [0.2, 0.25) is 0 Å². The molecule has 1 N–H and O–H groups in total. The zero-order valence-corrected chi connectivity index (χ0v) is 11.2. The molecular formula is C10H25NO2Si. The molecule has 0 aliphatic heterocycles. The minimum absolute atomic E-state index is 0.837. The molecule has 0 aromatic rings. The standard InChI is InChI=1S/C7H15N.C3H10O2Si/c1-8-7-5-3-2-4-6-7;1-4-6(3)5-2/h7-8H,2-6H2,1H3;6H,1-3H3.